The number of methoxy groups -OCH3 is 1. The molecular formula is C24H24FN5O3S. The number of benzene rings is 1. The molecule has 1 saturated carbocycles. The van der Waals surface area contributed by atoms with Crippen molar-refractivity contribution >= 4 is 29.2 Å². The molecule has 2 aliphatic rings. The molecule has 1 aromatic carbocycles. The Kier molecular flexibility index (Phi) is 5.76. The van der Waals surface area contributed by atoms with Gasteiger partial charge in [0.05, 0.1) is 18.2 Å². The fourth-order valence-electron chi connectivity index (χ4n) is 4.46. The van der Waals surface area contributed by atoms with Gasteiger partial charge in [-0.25, -0.2) is 23.9 Å². The molecule has 10 heteroatoms. The number of rotatable bonds is 5. The van der Waals surface area contributed by atoms with E-state index in [1.165, 1.54) is 31.0 Å². The van der Waals surface area contributed by atoms with Crippen molar-refractivity contribution in [2.45, 2.75) is 37.5 Å². The summed E-state index contributed by atoms with van der Waals surface area (Å²) in [6.45, 7) is 2.46. The molecule has 0 radical (unpaired) electrons. The number of aryl methyl sites for hydroxylation is 1. The summed E-state index contributed by atoms with van der Waals surface area (Å²) in [5, 5.41) is 3.60. The first-order chi connectivity index (χ1) is 16.4. The second-order valence-electron chi connectivity index (χ2n) is 8.82. The molecule has 34 heavy (non-hydrogen) atoms. The number of halogens is 1. The minimum atomic E-state index is -0.660. The zero-order valence-electron chi connectivity index (χ0n) is 18.9. The van der Waals surface area contributed by atoms with Gasteiger partial charge < -0.3 is 15.0 Å². The molecule has 1 atom stereocenters. The van der Waals surface area contributed by atoms with Crippen LogP contribution in [0.5, 0.6) is 0 Å². The van der Waals surface area contributed by atoms with E-state index in [-0.39, 0.29) is 17.5 Å². The fourth-order valence-corrected chi connectivity index (χ4v) is 5.21. The highest BCUT2D eigenvalue weighted by molar-refractivity contribution is 7.05. The Morgan fingerprint density at radius 1 is 1.26 bits per heavy atom. The van der Waals surface area contributed by atoms with Crippen molar-refractivity contribution < 1.29 is 18.7 Å². The summed E-state index contributed by atoms with van der Waals surface area (Å²) in [6.07, 6.45) is 5.85. The first kappa shape index (κ1) is 22.4. The second-order valence-corrected chi connectivity index (χ2v) is 9.60. The fraction of sp³-hybridized carbons (Fsp3) is 0.375. The van der Waals surface area contributed by atoms with E-state index in [0.29, 0.717) is 36.7 Å². The minimum Gasteiger partial charge on any atom is -0.464 e. The summed E-state index contributed by atoms with van der Waals surface area (Å²) in [6, 6.07) is 6.60. The molecular weight excluding hydrogens is 457 g/mol. The smallest absolute Gasteiger partial charge is 0.358 e. The Labute approximate surface area is 200 Å². The van der Waals surface area contributed by atoms with Gasteiger partial charge in [-0.3, -0.25) is 0 Å². The number of aromatic nitrogens is 3. The number of ether oxygens (including phenoxy) is 1. The van der Waals surface area contributed by atoms with E-state index in [4.69, 9.17) is 4.74 Å². The number of hydrogen-bond acceptors (Lipinski definition) is 7. The lowest BCUT2D eigenvalue weighted by atomic mass is 9.80. The van der Waals surface area contributed by atoms with Gasteiger partial charge in [-0.15, -0.1) is 0 Å². The lowest BCUT2D eigenvalue weighted by Crippen LogP contribution is -2.38. The molecule has 3 aromatic rings. The predicted octanol–water partition coefficient (Wildman–Crippen LogP) is 4.27. The van der Waals surface area contributed by atoms with Crippen LogP contribution in [0.2, 0.25) is 0 Å². The third-order valence-corrected chi connectivity index (χ3v) is 7.50. The van der Waals surface area contributed by atoms with Gasteiger partial charge in [0.25, 0.3) is 0 Å². The zero-order valence-corrected chi connectivity index (χ0v) is 19.7. The number of esters is 1. The van der Waals surface area contributed by atoms with E-state index >= 15 is 0 Å². The van der Waals surface area contributed by atoms with Crippen molar-refractivity contribution in [3.8, 4) is 0 Å². The number of carbonyl (C=O) groups is 2. The van der Waals surface area contributed by atoms with Gasteiger partial charge in [0.2, 0.25) is 0 Å². The third-order valence-electron chi connectivity index (χ3n) is 6.63. The second kappa shape index (κ2) is 8.75. The van der Waals surface area contributed by atoms with Crippen molar-refractivity contribution in [1.82, 2.24) is 19.2 Å². The Hall–Kier alpha value is -3.40. The maximum Gasteiger partial charge on any atom is 0.358 e. The van der Waals surface area contributed by atoms with Gasteiger partial charge in [0, 0.05) is 19.3 Å². The number of nitrogens with zero attached hydrogens (tertiary/aromatic N) is 4. The van der Waals surface area contributed by atoms with E-state index in [2.05, 4.69) is 19.7 Å². The summed E-state index contributed by atoms with van der Waals surface area (Å²) in [7, 11) is 1.28. The molecule has 0 spiro atoms. The highest BCUT2D eigenvalue weighted by Crippen LogP contribution is 2.43. The standard InChI is InChI=1S/C24H24FN5O3S/c1-14-3-6-17(10-18(14)25)24(22-27-13-28-34-22)7-8-30(12-24)23(32)29-19-9-16(15-4-5-15)11-26-20(19)21(31)33-2/h3,6,9-11,13,15H,4-5,7-8,12H2,1-2H3,(H,29,32)/t24-/m0/s1. The van der Waals surface area contributed by atoms with Crippen molar-refractivity contribution in [2.24, 2.45) is 0 Å². The van der Waals surface area contributed by atoms with Crippen molar-refractivity contribution in [3.05, 3.63) is 70.0 Å². The van der Waals surface area contributed by atoms with Gasteiger partial charge in [-0.1, -0.05) is 12.1 Å². The first-order valence-corrected chi connectivity index (χ1v) is 11.9. The van der Waals surface area contributed by atoms with Gasteiger partial charge in [0.1, 0.15) is 17.2 Å². The van der Waals surface area contributed by atoms with Crippen LogP contribution in [0.4, 0.5) is 14.9 Å². The molecule has 1 saturated heterocycles. The van der Waals surface area contributed by atoms with Crippen LogP contribution in [0.15, 0.2) is 36.8 Å². The first-order valence-electron chi connectivity index (χ1n) is 11.1. The van der Waals surface area contributed by atoms with Crippen LogP contribution in [-0.2, 0) is 10.2 Å². The summed E-state index contributed by atoms with van der Waals surface area (Å²) in [5.41, 5.74) is 2.04. The number of likely N-dealkylation sites (tertiary alicyclic amines) is 1. The van der Waals surface area contributed by atoms with Crippen LogP contribution < -0.4 is 5.32 Å². The van der Waals surface area contributed by atoms with E-state index in [1.807, 2.05) is 6.07 Å². The normalized spacial score (nSPS) is 19.8. The molecule has 2 fully saturated rings. The number of hydrogen-bond donors (Lipinski definition) is 1. The number of anilines is 1. The van der Waals surface area contributed by atoms with Crippen LogP contribution in [0.3, 0.4) is 0 Å². The van der Waals surface area contributed by atoms with Gasteiger partial charge in [0.15, 0.2) is 5.69 Å². The van der Waals surface area contributed by atoms with Crippen molar-refractivity contribution in [1.29, 1.82) is 0 Å². The molecule has 5 rings (SSSR count). The average molecular weight is 482 g/mol. The molecule has 0 unspecified atom stereocenters. The minimum absolute atomic E-state index is 0.0652. The Morgan fingerprint density at radius 2 is 2.09 bits per heavy atom. The topological polar surface area (TPSA) is 97.3 Å². The molecule has 1 N–H and O–H groups in total. The van der Waals surface area contributed by atoms with E-state index in [0.717, 1.165) is 29.0 Å². The van der Waals surface area contributed by atoms with Crippen LogP contribution in [0.1, 0.15) is 57.4 Å². The Bertz CT molecular complexity index is 1250. The van der Waals surface area contributed by atoms with E-state index in [1.54, 1.807) is 30.2 Å². The molecule has 176 valence electrons. The monoisotopic (exact) mass is 481 g/mol. The molecule has 2 amide bonds. The Morgan fingerprint density at radius 3 is 2.76 bits per heavy atom. The number of amides is 2. The molecule has 0 bridgehead atoms. The van der Waals surface area contributed by atoms with Crippen LogP contribution in [0, 0.1) is 12.7 Å². The highest BCUT2D eigenvalue weighted by Gasteiger charge is 2.45. The predicted molar refractivity (Wildman–Crippen MR) is 125 cm³/mol. The van der Waals surface area contributed by atoms with Gasteiger partial charge in [-0.05, 0) is 72.5 Å². The van der Waals surface area contributed by atoms with E-state index in [9.17, 15) is 14.0 Å². The van der Waals surface area contributed by atoms with Gasteiger partial charge in [-0.2, -0.15) is 4.37 Å². The zero-order chi connectivity index (χ0) is 23.9. The Balaban J connectivity index is 1.43. The number of carbonyl (C=O) groups excluding carboxylic acids is 2. The number of urea groups is 1. The van der Waals surface area contributed by atoms with Crippen molar-refractivity contribution in [3.63, 3.8) is 0 Å². The lowest BCUT2D eigenvalue weighted by Gasteiger charge is -2.28. The van der Waals surface area contributed by atoms with Crippen LogP contribution in [-0.4, -0.2) is 51.4 Å². The van der Waals surface area contributed by atoms with Crippen LogP contribution >= 0.6 is 11.5 Å². The third kappa shape index (κ3) is 4.02. The SMILES string of the molecule is COC(=O)c1ncc(C2CC2)cc1NC(=O)N1CC[C@](c2ccc(C)c(F)c2)(c2ncns2)C1. The molecule has 8 nitrogen and oxygen atoms in total. The van der Waals surface area contributed by atoms with Crippen LogP contribution in [0.25, 0.3) is 0 Å². The molecule has 2 aromatic heterocycles. The maximum absolute atomic E-state index is 14.5. The summed E-state index contributed by atoms with van der Waals surface area (Å²) in [4.78, 5) is 35.9. The van der Waals surface area contributed by atoms with E-state index < -0.39 is 11.4 Å². The maximum atomic E-state index is 14.5. The number of pyridine rings is 1. The number of nitrogens with one attached hydrogen (secondary N) is 1. The van der Waals surface area contributed by atoms with Gasteiger partial charge >= 0.3 is 12.0 Å². The largest absolute Gasteiger partial charge is 0.464 e. The molecule has 1 aliphatic carbocycles. The summed E-state index contributed by atoms with van der Waals surface area (Å²) < 4.78 is 23.5. The average Bonchev–Trinajstić information content (AvgIpc) is 3.34. The summed E-state index contributed by atoms with van der Waals surface area (Å²) >= 11 is 1.25. The highest BCUT2D eigenvalue weighted by atomic mass is 32.1. The quantitative estimate of drug-likeness (QED) is 0.547. The molecule has 3 heterocycles. The molecule has 1 aliphatic heterocycles. The lowest BCUT2D eigenvalue weighted by molar-refractivity contribution is 0.0595. The summed E-state index contributed by atoms with van der Waals surface area (Å²) in [5.74, 6) is -0.504. The van der Waals surface area contributed by atoms with Crippen molar-refractivity contribution in [2.75, 3.05) is 25.5 Å².